The van der Waals surface area contributed by atoms with Crippen LogP contribution in [-0.2, 0) is 16.1 Å². The standard InChI is InChI=1S/C17H19NO3/c1-20-17(19)11-12-18-15-7-9-16(10-8-15)21-13-14-5-3-2-4-6-14/h2-10,18H,11-13H2,1H3. The van der Waals surface area contributed by atoms with Crippen LogP contribution in [0.3, 0.4) is 0 Å². The topological polar surface area (TPSA) is 47.6 Å². The Morgan fingerprint density at radius 1 is 1.05 bits per heavy atom. The lowest BCUT2D eigenvalue weighted by atomic mass is 10.2. The number of hydrogen-bond acceptors (Lipinski definition) is 4. The van der Waals surface area contributed by atoms with Crippen LogP contribution in [0.25, 0.3) is 0 Å². The molecule has 0 aliphatic heterocycles. The van der Waals surface area contributed by atoms with Gasteiger partial charge in [0.05, 0.1) is 13.5 Å². The van der Waals surface area contributed by atoms with Crippen LogP contribution in [-0.4, -0.2) is 19.6 Å². The zero-order valence-corrected chi connectivity index (χ0v) is 12.0. The SMILES string of the molecule is COC(=O)CCNc1ccc(OCc2ccccc2)cc1. The van der Waals surface area contributed by atoms with Gasteiger partial charge >= 0.3 is 5.97 Å². The maximum Gasteiger partial charge on any atom is 0.307 e. The molecule has 0 aliphatic carbocycles. The third-order valence-corrected chi connectivity index (χ3v) is 2.99. The summed E-state index contributed by atoms with van der Waals surface area (Å²) in [6, 6.07) is 17.7. The van der Waals surface area contributed by atoms with Gasteiger partial charge in [0.25, 0.3) is 0 Å². The monoisotopic (exact) mass is 285 g/mol. The van der Waals surface area contributed by atoms with Crippen LogP contribution in [0.1, 0.15) is 12.0 Å². The lowest BCUT2D eigenvalue weighted by molar-refractivity contribution is -0.140. The molecule has 0 saturated heterocycles. The van der Waals surface area contributed by atoms with E-state index in [9.17, 15) is 4.79 Å². The average molecular weight is 285 g/mol. The van der Waals surface area contributed by atoms with E-state index in [4.69, 9.17) is 4.74 Å². The number of anilines is 1. The normalized spacial score (nSPS) is 9.95. The van der Waals surface area contributed by atoms with Crippen LogP contribution in [0.5, 0.6) is 5.75 Å². The molecule has 2 aromatic carbocycles. The van der Waals surface area contributed by atoms with Crippen molar-refractivity contribution in [2.75, 3.05) is 19.0 Å². The molecule has 4 heteroatoms. The molecule has 2 rings (SSSR count). The maximum absolute atomic E-state index is 11.0. The Balaban J connectivity index is 1.78. The predicted octanol–water partition coefficient (Wildman–Crippen LogP) is 3.24. The Hall–Kier alpha value is -2.49. The van der Waals surface area contributed by atoms with Crippen molar-refractivity contribution in [1.82, 2.24) is 0 Å². The van der Waals surface area contributed by atoms with Gasteiger partial charge in [-0.15, -0.1) is 0 Å². The number of carbonyl (C=O) groups excluding carboxylic acids is 1. The second-order valence-electron chi connectivity index (χ2n) is 4.55. The lowest BCUT2D eigenvalue weighted by Crippen LogP contribution is -2.09. The first kappa shape index (κ1) is 14.9. The average Bonchev–Trinajstić information content (AvgIpc) is 2.55. The van der Waals surface area contributed by atoms with Gasteiger partial charge in [-0.05, 0) is 29.8 Å². The molecule has 2 aromatic rings. The van der Waals surface area contributed by atoms with Crippen LogP contribution in [0, 0.1) is 0 Å². The van der Waals surface area contributed by atoms with E-state index in [2.05, 4.69) is 10.1 Å². The molecule has 1 N–H and O–H groups in total. The minimum atomic E-state index is -0.217. The summed E-state index contributed by atoms with van der Waals surface area (Å²) < 4.78 is 10.3. The molecule has 0 amide bonds. The molecular formula is C17H19NO3. The first-order chi connectivity index (χ1) is 10.3. The molecule has 0 heterocycles. The number of ether oxygens (including phenoxy) is 2. The van der Waals surface area contributed by atoms with Crippen molar-refractivity contribution in [3.63, 3.8) is 0 Å². The Morgan fingerprint density at radius 2 is 1.76 bits per heavy atom. The molecule has 0 saturated carbocycles. The number of hydrogen-bond donors (Lipinski definition) is 1. The second-order valence-corrected chi connectivity index (χ2v) is 4.55. The lowest BCUT2D eigenvalue weighted by Gasteiger charge is -2.08. The highest BCUT2D eigenvalue weighted by atomic mass is 16.5. The summed E-state index contributed by atoms with van der Waals surface area (Å²) in [5, 5.41) is 3.15. The highest BCUT2D eigenvalue weighted by Crippen LogP contribution is 2.17. The van der Waals surface area contributed by atoms with E-state index in [0.717, 1.165) is 17.0 Å². The van der Waals surface area contributed by atoms with Gasteiger partial charge in [-0.25, -0.2) is 0 Å². The second kappa shape index (κ2) is 7.94. The number of rotatable bonds is 7. The number of esters is 1. The van der Waals surface area contributed by atoms with E-state index >= 15 is 0 Å². The van der Waals surface area contributed by atoms with Crippen molar-refractivity contribution in [1.29, 1.82) is 0 Å². The smallest absolute Gasteiger partial charge is 0.307 e. The molecule has 0 fully saturated rings. The summed E-state index contributed by atoms with van der Waals surface area (Å²) >= 11 is 0. The fraction of sp³-hybridized carbons (Fsp3) is 0.235. The third kappa shape index (κ3) is 5.18. The van der Waals surface area contributed by atoms with E-state index in [-0.39, 0.29) is 5.97 Å². The highest BCUT2D eigenvalue weighted by molar-refractivity contribution is 5.69. The van der Waals surface area contributed by atoms with E-state index in [1.165, 1.54) is 7.11 Å². The van der Waals surface area contributed by atoms with Crippen molar-refractivity contribution in [3.05, 3.63) is 60.2 Å². The summed E-state index contributed by atoms with van der Waals surface area (Å²) in [5.74, 6) is 0.600. The molecular weight excluding hydrogens is 266 g/mol. The van der Waals surface area contributed by atoms with Gasteiger partial charge in [0, 0.05) is 12.2 Å². The Labute approximate surface area is 124 Å². The molecule has 0 atom stereocenters. The van der Waals surface area contributed by atoms with E-state index in [1.807, 2.05) is 54.6 Å². The van der Waals surface area contributed by atoms with Crippen LogP contribution in [0.2, 0.25) is 0 Å². The first-order valence-corrected chi connectivity index (χ1v) is 6.85. The summed E-state index contributed by atoms with van der Waals surface area (Å²) in [5.41, 5.74) is 2.09. The summed E-state index contributed by atoms with van der Waals surface area (Å²) in [4.78, 5) is 11.0. The van der Waals surface area contributed by atoms with Gasteiger partial charge in [0.15, 0.2) is 0 Å². The van der Waals surface area contributed by atoms with Gasteiger partial charge in [-0.3, -0.25) is 4.79 Å². The van der Waals surface area contributed by atoms with Crippen molar-refractivity contribution >= 4 is 11.7 Å². The Kier molecular flexibility index (Phi) is 5.64. The molecule has 0 aromatic heterocycles. The number of methoxy groups -OCH3 is 1. The third-order valence-electron chi connectivity index (χ3n) is 2.99. The summed E-state index contributed by atoms with van der Waals surface area (Å²) in [6.07, 6.45) is 0.350. The summed E-state index contributed by atoms with van der Waals surface area (Å²) in [7, 11) is 1.39. The van der Waals surface area contributed by atoms with Crippen molar-refractivity contribution < 1.29 is 14.3 Å². The van der Waals surface area contributed by atoms with Gasteiger partial charge in [-0.2, -0.15) is 0 Å². The highest BCUT2D eigenvalue weighted by Gasteiger charge is 2.00. The number of nitrogens with one attached hydrogen (secondary N) is 1. The molecule has 4 nitrogen and oxygen atoms in total. The van der Waals surface area contributed by atoms with E-state index in [0.29, 0.717) is 19.6 Å². The molecule has 0 spiro atoms. The summed E-state index contributed by atoms with van der Waals surface area (Å²) in [6.45, 7) is 1.10. The number of benzene rings is 2. The largest absolute Gasteiger partial charge is 0.489 e. The first-order valence-electron chi connectivity index (χ1n) is 6.85. The van der Waals surface area contributed by atoms with Gasteiger partial charge < -0.3 is 14.8 Å². The fourth-order valence-electron chi connectivity index (χ4n) is 1.82. The Bertz CT molecular complexity index is 552. The molecule has 0 bridgehead atoms. The van der Waals surface area contributed by atoms with Crippen LogP contribution in [0.15, 0.2) is 54.6 Å². The van der Waals surface area contributed by atoms with Gasteiger partial charge in [-0.1, -0.05) is 30.3 Å². The molecule has 0 aliphatic rings. The van der Waals surface area contributed by atoms with Crippen LogP contribution < -0.4 is 10.1 Å². The van der Waals surface area contributed by atoms with Crippen LogP contribution >= 0.6 is 0 Å². The van der Waals surface area contributed by atoms with Gasteiger partial charge in [0.2, 0.25) is 0 Å². The predicted molar refractivity (Wildman–Crippen MR) is 82.3 cm³/mol. The minimum Gasteiger partial charge on any atom is -0.489 e. The minimum absolute atomic E-state index is 0.217. The van der Waals surface area contributed by atoms with Crippen molar-refractivity contribution in [3.8, 4) is 5.75 Å². The molecule has 0 unspecified atom stereocenters. The molecule has 21 heavy (non-hydrogen) atoms. The quantitative estimate of drug-likeness (QED) is 0.793. The van der Waals surface area contributed by atoms with Crippen molar-refractivity contribution in [2.24, 2.45) is 0 Å². The van der Waals surface area contributed by atoms with E-state index < -0.39 is 0 Å². The maximum atomic E-state index is 11.0. The molecule has 0 radical (unpaired) electrons. The van der Waals surface area contributed by atoms with E-state index in [1.54, 1.807) is 0 Å². The molecule has 110 valence electrons. The number of carbonyl (C=O) groups is 1. The zero-order chi connectivity index (χ0) is 14.9. The van der Waals surface area contributed by atoms with Crippen molar-refractivity contribution in [2.45, 2.75) is 13.0 Å². The van der Waals surface area contributed by atoms with Gasteiger partial charge in [0.1, 0.15) is 12.4 Å². The fourth-order valence-corrected chi connectivity index (χ4v) is 1.82. The van der Waals surface area contributed by atoms with Crippen LogP contribution in [0.4, 0.5) is 5.69 Å². The Morgan fingerprint density at radius 3 is 2.43 bits per heavy atom. The zero-order valence-electron chi connectivity index (χ0n) is 12.0.